The summed E-state index contributed by atoms with van der Waals surface area (Å²) in [4.78, 5) is 12.0. The van der Waals surface area contributed by atoms with Gasteiger partial charge >= 0.3 is 6.18 Å². The summed E-state index contributed by atoms with van der Waals surface area (Å²) in [6.45, 7) is 1.70. The molecule has 4 nitrogen and oxygen atoms in total. The van der Waals surface area contributed by atoms with Gasteiger partial charge in [-0.3, -0.25) is 4.79 Å². The fraction of sp³-hybridized carbons (Fsp3) is 0.353. The van der Waals surface area contributed by atoms with E-state index < -0.39 is 23.8 Å². The first-order valence-electron chi connectivity index (χ1n) is 7.42. The number of furan rings is 1. The number of carbonyl (C=O) groups is 1. The zero-order valence-electron chi connectivity index (χ0n) is 13.0. The molecule has 1 aromatic carbocycles. The molecule has 2 rings (SSSR count). The van der Waals surface area contributed by atoms with Crippen molar-refractivity contribution in [3.05, 3.63) is 59.5 Å². The van der Waals surface area contributed by atoms with Gasteiger partial charge in [0.25, 0.3) is 0 Å². The molecule has 1 heterocycles. The maximum absolute atomic E-state index is 12.7. The van der Waals surface area contributed by atoms with Crippen LogP contribution in [0.25, 0.3) is 0 Å². The second kappa shape index (κ2) is 7.53. The normalized spacial score (nSPS) is 14.2. The third-order valence-corrected chi connectivity index (χ3v) is 3.47. The van der Waals surface area contributed by atoms with Crippen LogP contribution < -0.4 is 5.32 Å². The van der Waals surface area contributed by atoms with Gasteiger partial charge in [0.05, 0.1) is 18.2 Å². The number of rotatable bonds is 6. The highest BCUT2D eigenvalue weighted by molar-refractivity contribution is 5.78. The first-order chi connectivity index (χ1) is 11.3. The van der Waals surface area contributed by atoms with Gasteiger partial charge in [-0.05, 0) is 30.7 Å². The summed E-state index contributed by atoms with van der Waals surface area (Å²) < 4.78 is 43.0. The van der Waals surface area contributed by atoms with E-state index in [1.54, 1.807) is 19.1 Å². The van der Waals surface area contributed by atoms with Crippen molar-refractivity contribution in [2.75, 3.05) is 0 Å². The molecular weight excluding hydrogens is 323 g/mol. The van der Waals surface area contributed by atoms with E-state index in [0.29, 0.717) is 5.76 Å². The molecule has 0 aliphatic heterocycles. The second-order valence-corrected chi connectivity index (χ2v) is 5.61. The molecule has 130 valence electrons. The Bertz CT molecular complexity index is 668. The molecule has 2 aromatic rings. The van der Waals surface area contributed by atoms with Gasteiger partial charge in [-0.1, -0.05) is 18.2 Å². The molecule has 7 heteroatoms. The summed E-state index contributed by atoms with van der Waals surface area (Å²) in [5.74, 6) is -0.0116. The molecule has 1 aromatic heterocycles. The third kappa shape index (κ3) is 5.13. The number of hydrogen-bond acceptors (Lipinski definition) is 3. The Morgan fingerprint density at radius 1 is 1.29 bits per heavy atom. The first-order valence-corrected chi connectivity index (χ1v) is 7.42. The van der Waals surface area contributed by atoms with E-state index in [1.165, 1.54) is 18.4 Å². The van der Waals surface area contributed by atoms with Gasteiger partial charge < -0.3 is 14.8 Å². The quantitative estimate of drug-likeness (QED) is 0.846. The van der Waals surface area contributed by atoms with E-state index in [1.807, 2.05) is 0 Å². The third-order valence-electron chi connectivity index (χ3n) is 3.47. The number of amides is 1. The summed E-state index contributed by atoms with van der Waals surface area (Å²) in [6, 6.07) is 7.58. The molecule has 0 aliphatic carbocycles. The van der Waals surface area contributed by atoms with Gasteiger partial charge in [0.1, 0.15) is 11.9 Å². The minimum absolute atomic E-state index is 0.162. The SMILES string of the molecule is CC(CC(O)c1ccco1)NC(=O)Cc1cccc(C(F)(F)F)c1. The van der Waals surface area contributed by atoms with Crippen LogP contribution in [0.3, 0.4) is 0 Å². The van der Waals surface area contributed by atoms with E-state index in [9.17, 15) is 23.1 Å². The summed E-state index contributed by atoms with van der Waals surface area (Å²) >= 11 is 0. The monoisotopic (exact) mass is 341 g/mol. The number of carbonyl (C=O) groups excluding carboxylic acids is 1. The second-order valence-electron chi connectivity index (χ2n) is 5.61. The van der Waals surface area contributed by atoms with Crippen molar-refractivity contribution in [2.24, 2.45) is 0 Å². The van der Waals surface area contributed by atoms with Crippen molar-refractivity contribution in [3.63, 3.8) is 0 Å². The number of alkyl halides is 3. The van der Waals surface area contributed by atoms with E-state index >= 15 is 0 Å². The average molecular weight is 341 g/mol. The van der Waals surface area contributed by atoms with Crippen LogP contribution >= 0.6 is 0 Å². The molecule has 2 N–H and O–H groups in total. The molecule has 0 saturated heterocycles. The lowest BCUT2D eigenvalue weighted by molar-refractivity contribution is -0.137. The number of hydrogen-bond donors (Lipinski definition) is 2. The lowest BCUT2D eigenvalue weighted by Gasteiger charge is -2.17. The number of nitrogens with one attached hydrogen (secondary N) is 1. The Hall–Kier alpha value is -2.28. The van der Waals surface area contributed by atoms with Gasteiger partial charge in [0.15, 0.2) is 0 Å². The van der Waals surface area contributed by atoms with Crippen LogP contribution in [0.4, 0.5) is 13.2 Å². The highest BCUT2D eigenvalue weighted by Gasteiger charge is 2.30. The minimum Gasteiger partial charge on any atom is -0.467 e. The van der Waals surface area contributed by atoms with Gasteiger partial charge in [-0.15, -0.1) is 0 Å². The fourth-order valence-electron chi connectivity index (χ4n) is 2.36. The van der Waals surface area contributed by atoms with E-state index in [2.05, 4.69) is 5.32 Å². The van der Waals surface area contributed by atoms with Gasteiger partial charge in [0.2, 0.25) is 5.91 Å². The van der Waals surface area contributed by atoms with Crippen LogP contribution in [-0.4, -0.2) is 17.1 Å². The van der Waals surface area contributed by atoms with Crippen LogP contribution in [-0.2, 0) is 17.4 Å². The Morgan fingerprint density at radius 3 is 2.67 bits per heavy atom. The molecule has 2 unspecified atom stereocenters. The van der Waals surface area contributed by atoms with Crippen molar-refractivity contribution >= 4 is 5.91 Å². The zero-order chi connectivity index (χ0) is 17.7. The summed E-state index contributed by atoms with van der Waals surface area (Å²) in [5, 5.41) is 12.6. The van der Waals surface area contributed by atoms with Crippen molar-refractivity contribution in [1.82, 2.24) is 5.32 Å². The van der Waals surface area contributed by atoms with Crippen LogP contribution in [0, 0.1) is 0 Å². The molecule has 24 heavy (non-hydrogen) atoms. The van der Waals surface area contributed by atoms with Crippen LogP contribution in [0.2, 0.25) is 0 Å². The first kappa shape index (κ1) is 18.1. The Balaban J connectivity index is 1.89. The van der Waals surface area contributed by atoms with E-state index in [0.717, 1.165) is 12.1 Å². The number of aliphatic hydroxyl groups excluding tert-OH is 1. The lowest BCUT2D eigenvalue weighted by Crippen LogP contribution is -2.34. The van der Waals surface area contributed by atoms with Crippen molar-refractivity contribution in [2.45, 2.75) is 38.1 Å². The molecule has 0 aliphatic rings. The molecule has 0 fully saturated rings. The maximum atomic E-state index is 12.7. The Labute approximate surface area is 137 Å². The summed E-state index contributed by atoms with van der Waals surface area (Å²) in [5.41, 5.74) is -0.504. The highest BCUT2D eigenvalue weighted by atomic mass is 19.4. The highest BCUT2D eigenvalue weighted by Crippen LogP contribution is 2.29. The molecular formula is C17H18F3NO3. The zero-order valence-corrected chi connectivity index (χ0v) is 13.0. The Kier molecular flexibility index (Phi) is 5.66. The van der Waals surface area contributed by atoms with Crippen molar-refractivity contribution in [3.8, 4) is 0 Å². The van der Waals surface area contributed by atoms with E-state index in [-0.39, 0.29) is 24.4 Å². The smallest absolute Gasteiger partial charge is 0.416 e. The molecule has 0 bridgehead atoms. The lowest BCUT2D eigenvalue weighted by atomic mass is 10.1. The molecule has 2 atom stereocenters. The van der Waals surface area contributed by atoms with Gasteiger partial charge in [-0.2, -0.15) is 13.2 Å². The van der Waals surface area contributed by atoms with Crippen LogP contribution in [0.5, 0.6) is 0 Å². The van der Waals surface area contributed by atoms with Crippen LogP contribution in [0.1, 0.15) is 36.3 Å². The molecule has 0 spiro atoms. The van der Waals surface area contributed by atoms with Crippen molar-refractivity contribution in [1.29, 1.82) is 0 Å². The largest absolute Gasteiger partial charge is 0.467 e. The standard InChI is InChI=1S/C17H18F3NO3/c1-11(8-14(22)15-6-3-7-24-15)21-16(23)10-12-4-2-5-13(9-12)17(18,19)20/h2-7,9,11,14,22H,8,10H2,1H3,(H,21,23). The minimum atomic E-state index is -4.44. The predicted molar refractivity (Wildman–Crippen MR) is 81.0 cm³/mol. The van der Waals surface area contributed by atoms with Gasteiger partial charge in [-0.25, -0.2) is 0 Å². The Morgan fingerprint density at radius 2 is 2.04 bits per heavy atom. The molecule has 0 radical (unpaired) electrons. The summed E-state index contributed by atoms with van der Waals surface area (Å²) in [6.07, 6.45) is -3.78. The summed E-state index contributed by atoms with van der Waals surface area (Å²) in [7, 11) is 0. The average Bonchev–Trinajstić information content (AvgIpc) is 3.00. The maximum Gasteiger partial charge on any atom is 0.416 e. The van der Waals surface area contributed by atoms with Crippen molar-refractivity contribution < 1.29 is 27.5 Å². The number of benzene rings is 1. The molecule has 0 saturated carbocycles. The van der Waals surface area contributed by atoms with Gasteiger partial charge in [0, 0.05) is 12.5 Å². The number of aliphatic hydroxyl groups is 1. The van der Waals surface area contributed by atoms with E-state index in [4.69, 9.17) is 4.42 Å². The number of halogens is 3. The topological polar surface area (TPSA) is 62.5 Å². The van der Waals surface area contributed by atoms with Crippen LogP contribution in [0.15, 0.2) is 47.1 Å². The predicted octanol–water partition coefficient (Wildman–Crippen LogP) is 3.47. The fourth-order valence-corrected chi connectivity index (χ4v) is 2.36. The molecule has 1 amide bonds.